The number of carboxylic acid groups (broad SMARTS) is 1. The number of nitrogens with one attached hydrogen (secondary N) is 2. The molecule has 0 aliphatic rings. The van der Waals surface area contributed by atoms with Gasteiger partial charge in [0.15, 0.2) is 0 Å². The normalized spacial score (nSPS) is 10.2. The zero-order valence-electron chi connectivity index (χ0n) is 14.4. The summed E-state index contributed by atoms with van der Waals surface area (Å²) in [4.78, 5) is 35.9. The number of hydrogen-bond acceptors (Lipinski definition) is 4. The molecular formula is C18H21N3O5. The van der Waals surface area contributed by atoms with E-state index in [1.54, 1.807) is 36.4 Å². The van der Waals surface area contributed by atoms with E-state index in [-0.39, 0.29) is 31.4 Å². The van der Waals surface area contributed by atoms with Gasteiger partial charge in [0.1, 0.15) is 5.76 Å². The number of rotatable bonds is 8. The third-order valence-electron chi connectivity index (χ3n) is 3.64. The summed E-state index contributed by atoms with van der Waals surface area (Å²) < 4.78 is 5.16. The van der Waals surface area contributed by atoms with Crippen molar-refractivity contribution >= 4 is 17.9 Å². The van der Waals surface area contributed by atoms with Crippen molar-refractivity contribution in [2.45, 2.75) is 19.5 Å². The van der Waals surface area contributed by atoms with Gasteiger partial charge in [-0.1, -0.05) is 12.1 Å². The number of carbonyl (C=O) groups is 3. The molecule has 26 heavy (non-hydrogen) atoms. The predicted octanol–water partition coefficient (Wildman–Crippen LogP) is 1.83. The zero-order chi connectivity index (χ0) is 18.9. The van der Waals surface area contributed by atoms with Crippen molar-refractivity contribution in [3.05, 3.63) is 59.5 Å². The molecule has 0 spiro atoms. The molecule has 1 aromatic heterocycles. The second-order valence-corrected chi connectivity index (χ2v) is 5.69. The molecule has 3 amide bonds. The van der Waals surface area contributed by atoms with Crippen molar-refractivity contribution in [1.82, 2.24) is 15.5 Å². The highest BCUT2D eigenvalue weighted by Crippen LogP contribution is 2.07. The Morgan fingerprint density at radius 1 is 1.12 bits per heavy atom. The van der Waals surface area contributed by atoms with Crippen LogP contribution in [0.2, 0.25) is 0 Å². The molecule has 0 unspecified atom stereocenters. The monoisotopic (exact) mass is 359 g/mol. The number of hydrogen-bond donors (Lipinski definition) is 3. The molecule has 0 radical (unpaired) electrons. The van der Waals surface area contributed by atoms with Crippen LogP contribution in [0.4, 0.5) is 4.79 Å². The fraction of sp³-hybridized carbons (Fsp3) is 0.278. The quantitative estimate of drug-likeness (QED) is 0.666. The number of furan rings is 1. The summed E-state index contributed by atoms with van der Waals surface area (Å²) >= 11 is 0. The van der Waals surface area contributed by atoms with Crippen LogP contribution in [-0.2, 0) is 17.9 Å². The fourth-order valence-corrected chi connectivity index (χ4v) is 2.18. The summed E-state index contributed by atoms with van der Waals surface area (Å²) in [5, 5.41) is 14.1. The third kappa shape index (κ3) is 5.97. The fourth-order valence-electron chi connectivity index (χ4n) is 2.18. The molecule has 1 aromatic carbocycles. The lowest BCUT2D eigenvalue weighted by Gasteiger charge is -2.17. The summed E-state index contributed by atoms with van der Waals surface area (Å²) in [5.41, 5.74) is 1.23. The number of carbonyl (C=O) groups excluding carboxylic acids is 2. The van der Waals surface area contributed by atoms with Crippen LogP contribution in [0.1, 0.15) is 28.1 Å². The molecule has 0 bridgehead atoms. The average molecular weight is 359 g/mol. The number of benzene rings is 1. The van der Waals surface area contributed by atoms with E-state index in [0.717, 1.165) is 5.56 Å². The minimum Gasteiger partial charge on any atom is -0.481 e. The summed E-state index contributed by atoms with van der Waals surface area (Å²) in [6, 6.07) is 10.0. The van der Waals surface area contributed by atoms with Gasteiger partial charge in [-0.15, -0.1) is 0 Å². The number of urea groups is 1. The lowest BCUT2D eigenvalue weighted by molar-refractivity contribution is -0.137. The summed E-state index contributed by atoms with van der Waals surface area (Å²) in [6.45, 7) is 0.646. The Bertz CT molecular complexity index is 758. The highest BCUT2D eigenvalue weighted by Gasteiger charge is 2.11. The molecule has 0 aliphatic carbocycles. The minimum absolute atomic E-state index is 0.116. The smallest absolute Gasteiger partial charge is 0.317 e. The van der Waals surface area contributed by atoms with Crippen LogP contribution in [0.25, 0.3) is 0 Å². The van der Waals surface area contributed by atoms with Crippen molar-refractivity contribution in [2.75, 3.05) is 13.6 Å². The first kappa shape index (κ1) is 19.0. The Morgan fingerprint density at radius 2 is 1.92 bits per heavy atom. The molecular weight excluding hydrogens is 338 g/mol. The van der Waals surface area contributed by atoms with Crippen LogP contribution in [0.15, 0.2) is 47.1 Å². The molecule has 0 saturated heterocycles. The molecule has 0 aliphatic heterocycles. The summed E-state index contributed by atoms with van der Waals surface area (Å²) in [5.74, 6) is -0.544. The Morgan fingerprint density at radius 3 is 2.62 bits per heavy atom. The lowest BCUT2D eigenvalue weighted by Crippen LogP contribution is -2.38. The molecule has 138 valence electrons. The van der Waals surface area contributed by atoms with Crippen molar-refractivity contribution < 1.29 is 23.9 Å². The molecule has 0 atom stereocenters. The second-order valence-electron chi connectivity index (χ2n) is 5.69. The molecule has 0 fully saturated rings. The zero-order valence-corrected chi connectivity index (χ0v) is 14.4. The van der Waals surface area contributed by atoms with Gasteiger partial charge in [0.25, 0.3) is 5.91 Å². The van der Waals surface area contributed by atoms with Gasteiger partial charge in [0.2, 0.25) is 0 Å². The van der Waals surface area contributed by atoms with E-state index in [2.05, 4.69) is 10.6 Å². The van der Waals surface area contributed by atoms with Gasteiger partial charge < -0.3 is 25.1 Å². The van der Waals surface area contributed by atoms with E-state index in [9.17, 15) is 14.4 Å². The summed E-state index contributed by atoms with van der Waals surface area (Å²) in [6.07, 6.45) is 1.42. The highest BCUT2D eigenvalue weighted by atomic mass is 16.4. The minimum atomic E-state index is -0.960. The van der Waals surface area contributed by atoms with E-state index in [1.807, 2.05) is 0 Å². The van der Waals surface area contributed by atoms with Crippen LogP contribution in [-0.4, -0.2) is 41.5 Å². The first-order valence-corrected chi connectivity index (χ1v) is 8.06. The van der Waals surface area contributed by atoms with Crippen molar-refractivity contribution in [3.8, 4) is 0 Å². The second kappa shape index (κ2) is 9.26. The van der Waals surface area contributed by atoms with Crippen LogP contribution in [0.3, 0.4) is 0 Å². The molecule has 2 aromatic rings. The van der Waals surface area contributed by atoms with Crippen molar-refractivity contribution in [1.29, 1.82) is 0 Å². The Balaban J connectivity index is 1.85. The van der Waals surface area contributed by atoms with Gasteiger partial charge in [0.05, 0.1) is 19.2 Å². The topological polar surface area (TPSA) is 112 Å². The van der Waals surface area contributed by atoms with Crippen molar-refractivity contribution in [3.63, 3.8) is 0 Å². The maximum absolute atomic E-state index is 12.2. The summed E-state index contributed by atoms with van der Waals surface area (Å²) in [7, 11) is 1.52. The first-order valence-electron chi connectivity index (χ1n) is 8.06. The molecule has 8 nitrogen and oxygen atoms in total. The van der Waals surface area contributed by atoms with E-state index < -0.39 is 5.97 Å². The van der Waals surface area contributed by atoms with Gasteiger partial charge in [-0.25, -0.2) is 4.79 Å². The highest BCUT2D eigenvalue weighted by molar-refractivity contribution is 5.94. The SMILES string of the molecule is CN(CCC(=O)O)C(=O)NCc1cccc(C(=O)NCc2ccco2)c1. The first-order chi connectivity index (χ1) is 12.5. The van der Waals surface area contributed by atoms with Crippen LogP contribution < -0.4 is 10.6 Å². The van der Waals surface area contributed by atoms with Crippen LogP contribution in [0, 0.1) is 0 Å². The largest absolute Gasteiger partial charge is 0.481 e. The van der Waals surface area contributed by atoms with E-state index >= 15 is 0 Å². The van der Waals surface area contributed by atoms with Gasteiger partial charge in [-0.3, -0.25) is 9.59 Å². The molecule has 1 heterocycles. The Hall–Kier alpha value is -3.29. The third-order valence-corrected chi connectivity index (χ3v) is 3.64. The molecule has 8 heteroatoms. The standard InChI is InChI=1S/C18H21N3O5/c1-21(8-7-16(22)23)18(25)20-11-13-4-2-5-14(10-13)17(24)19-12-15-6-3-9-26-15/h2-6,9-10H,7-8,11-12H2,1H3,(H,19,24)(H,20,25)(H,22,23). The predicted molar refractivity (Wildman–Crippen MR) is 93.4 cm³/mol. The van der Waals surface area contributed by atoms with Gasteiger partial charge in [-0.2, -0.15) is 0 Å². The average Bonchev–Trinajstić information content (AvgIpc) is 3.15. The van der Waals surface area contributed by atoms with Gasteiger partial charge in [0, 0.05) is 25.7 Å². The van der Waals surface area contributed by atoms with Gasteiger partial charge >= 0.3 is 12.0 Å². The molecule has 0 saturated carbocycles. The number of nitrogens with zero attached hydrogens (tertiary/aromatic N) is 1. The maximum atomic E-state index is 12.2. The van der Waals surface area contributed by atoms with E-state index in [0.29, 0.717) is 17.9 Å². The Labute approximate surface area is 150 Å². The number of carboxylic acids is 1. The number of amides is 3. The molecule has 3 N–H and O–H groups in total. The van der Waals surface area contributed by atoms with E-state index in [1.165, 1.54) is 18.2 Å². The van der Waals surface area contributed by atoms with Gasteiger partial charge in [-0.05, 0) is 29.8 Å². The van der Waals surface area contributed by atoms with E-state index in [4.69, 9.17) is 9.52 Å². The van der Waals surface area contributed by atoms with Crippen molar-refractivity contribution in [2.24, 2.45) is 0 Å². The Kier molecular flexibility index (Phi) is 6.78. The van der Waals surface area contributed by atoms with Crippen LogP contribution in [0.5, 0.6) is 0 Å². The lowest BCUT2D eigenvalue weighted by atomic mass is 10.1. The van der Waals surface area contributed by atoms with Crippen LogP contribution >= 0.6 is 0 Å². The molecule has 2 rings (SSSR count). The maximum Gasteiger partial charge on any atom is 0.317 e. The number of aliphatic carboxylic acids is 1.